The molecule has 1 atom stereocenters. The normalized spacial score (nSPS) is 27.9. The number of rotatable bonds is 1. The molecule has 1 aliphatic carbocycles. The van der Waals surface area contributed by atoms with Crippen molar-refractivity contribution in [1.29, 1.82) is 0 Å². The summed E-state index contributed by atoms with van der Waals surface area (Å²) in [5.74, 6) is 2.57. The second kappa shape index (κ2) is 4.41. The van der Waals surface area contributed by atoms with Crippen LogP contribution in [0, 0.1) is 5.41 Å². The van der Waals surface area contributed by atoms with Crippen molar-refractivity contribution in [2.45, 2.75) is 31.6 Å². The summed E-state index contributed by atoms with van der Waals surface area (Å²) in [6.45, 7) is 3.97. The third-order valence-corrected chi connectivity index (χ3v) is 4.95. The highest BCUT2D eigenvalue weighted by atomic mass is 16.5. The van der Waals surface area contributed by atoms with Gasteiger partial charge in [0.15, 0.2) is 11.5 Å². The highest BCUT2D eigenvalue weighted by Gasteiger charge is 2.43. The van der Waals surface area contributed by atoms with Gasteiger partial charge in [-0.25, -0.2) is 0 Å². The third kappa shape index (κ3) is 2.00. The maximum Gasteiger partial charge on any atom is 0.161 e. The van der Waals surface area contributed by atoms with E-state index in [0.717, 1.165) is 31.1 Å². The second-order valence-electron chi connectivity index (χ2n) is 6.30. The van der Waals surface area contributed by atoms with Gasteiger partial charge in [-0.1, -0.05) is 6.07 Å². The van der Waals surface area contributed by atoms with Crippen LogP contribution in [0.4, 0.5) is 0 Å². The fourth-order valence-corrected chi connectivity index (χ4v) is 3.73. The van der Waals surface area contributed by atoms with E-state index in [1.54, 1.807) is 0 Å². The van der Waals surface area contributed by atoms with Gasteiger partial charge >= 0.3 is 0 Å². The first-order valence-electron chi connectivity index (χ1n) is 7.45. The van der Waals surface area contributed by atoms with E-state index in [1.165, 1.54) is 37.9 Å². The van der Waals surface area contributed by atoms with Crippen molar-refractivity contribution in [1.82, 2.24) is 5.32 Å². The number of hydrogen-bond acceptors (Lipinski definition) is 3. The molecule has 0 amide bonds. The van der Waals surface area contributed by atoms with E-state index in [2.05, 4.69) is 23.5 Å². The molecular weight excluding hydrogens is 238 g/mol. The lowest BCUT2D eigenvalue weighted by Gasteiger charge is -2.39. The Labute approximate surface area is 114 Å². The van der Waals surface area contributed by atoms with Gasteiger partial charge in [-0.05, 0) is 48.3 Å². The topological polar surface area (TPSA) is 30.5 Å². The molecule has 2 heterocycles. The highest BCUT2D eigenvalue weighted by Crippen LogP contribution is 2.49. The van der Waals surface area contributed by atoms with Crippen LogP contribution in [-0.2, 0) is 0 Å². The highest BCUT2D eigenvalue weighted by molar-refractivity contribution is 5.44. The Kier molecular flexibility index (Phi) is 2.69. The molecule has 0 bridgehead atoms. The molecule has 1 aromatic carbocycles. The maximum atomic E-state index is 5.80. The molecule has 2 fully saturated rings. The van der Waals surface area contributed by atoms with Crippen molar-refractivity contribution in [2.24, 2.45) is 5.41 Å². The van der Waals surface area contributed by atoms with Crippen molar-refractivity contribution >= 4 is 0 Å². The Bertz CT molecular complexity index is 482. The van der Waals surface area contributed by atoms with Gasteiger partial charge in [0.1, 0.15) is 0 Å². The first-order valence-corrected chi connectivity index (χ1v) is 7.45. The molecular formula is C16H21NO2. The molecule has 1 aromatic rings. The van der Waals surface area contributed by atoms with Crippen LogP contribution in [-0.4, -0.2) is 26.3 Å². The summed E-state index contributed by atoms with van der Waals surface area (Å²) in [4.78, 5) is 0. The standard InChI is InChI=1S/C16H21NO2/c1-6-18-14-3-2-12(8-15(14)19-7-1)13-4-5-16(9-13)10-17-11-16/h2-3,8,13,17H,1,4-7,9-11H2. The third-order valence-electron chi connectivity index (χ3n) is 4.95. The van der Waals surface area contributed by atoms with Gasteiger partial charge in [-0.3, -0.25) is 0 Å². The zero-order valence-electron chi connectivity index (χ0n) is 11.3. The van der Waals surface area contributed by atoms with E-state index in [0.29, 0.717) is 11.3 Å². The fraction of sp³-hybridized carbons (Fsp3) is 0.625. The number of ether oxygens (including phenoxy) is 2. The molecule has 0 radical (unpaired) electrons. The van der Waals surface area contributed by atoms with E-state index < -0.39 is 0 Å². The molecule has 1 N–H and O–H groups in total. The van der Waals surface area contributed by atoms with Crippen molar-refractivity contribution in [3.05, 3.63) is 23.8 Å². The van der Waals surface area contributed by atoms with Crippen LogP contribution in [0.3, 0.4) is 0 Å². The largest absolute Gasteiger partial charge is 0.490 e. The molecule has 4 rings (SSSR count). The van der Waals surface area contributed by atoms with Crippen molar-refractivity contribution in [3.63, 3.8) is 0 Å². The maximum absolute atomic E-state index is 5.80. The van der Waals surface area contributed by atoms with Crippen molar-refractivity contribution < 1.29 is 9.47 Å². The van der Waals surface area contributed by atoms with E-state index in [4.69, 9.17) is 9.47 Å². The van der Waals surface area contributed by atoms with Gasteiger partial charge in [0, 0.05) is 19.5 Å². The van der Waals surface area contributed by atoms with Gasteiger partial charge < -0.3 is 14.8 Å². The zero-order valence-corrected chi connectivity index (χ0v) is 11.3. The fourth-order valence-electron chi connectivity index (χ4n) is 3.73. The molecule has 102 valence electrons. The van der Waals surface area contributed by atoms with Crippen LogP contribution in [0.5, 0.6) is 11.5 Å². The molecule has 3 heteroatoms. The summed E-state index contributed by atoms with van der Waals surface area (Å²) < 4.78 is 11.5. The van der Waals surface area contributed by atoms with E-state index in [-0.39, 0.29) is 0 Å². The first-order chi connectivity index (χ1) is 9.35. The molecule has 1 unspecified atom stereocenters. The summed E-state index contributed by atoms with van der Waals surface area (Å²) in [5, 5.41) is 3.43. The van der Waals surface area contributed by atoms with Gasteiger partial charge in [0.2, 0.25) is 0 Å². The lowest BCUT2D eigenvalue weighted by Crippen LogP contribution is -2.51. The van der Waals surface area contributed by atoms with Crippen LogP contribution >= 0.6 is 0 Å². The van der Waals surface area contributed by atoms with Gasteiger partial charge in [0.05, 0.1) is 13.2 Å². The predicted molar refractivity (Wildman–Crippen MR) is 73.9 cm³/mol. The second-order valence-corrected chi connectivity index (χ2v) is 6.30. The smallest absolute Gasteiger partial charge is 0.161 e. The number of hydrogen-bond donors (Lipinski definition) is 1. The minimum atomic E-state index is 0.606. The zero-order chi connectivity index (χ0) is 12.7. The predicted octanol–water partition coefficient (Wildman–Crippen LogP) is 2.71. The molecule has 19 heavy (non-hydrogen) atoms. The van der Waals surface area contributed by atoms with Crippen LogP contribution in [0.15, 0.2) is 18.2 Å². The Balaban J connectivity index is 1.57. The molecule has 3 nitrogen and oxygen atoms in total. The van der Waals surface area contributed by atoms with E-state index in [1.807, 2.05) is 0 Å². The lowest BCUT2D eigenvalue weighted by molar-refractivity contribution is 0.175. The van der Waals surface area contributed by atoms with Gasteiger partial charge in [-0.2, -0.15) is 0 Å². The number of nitrogens with one attached hydrogen (secondary N) is 1. The molecule has 1 saturated heterocycles. The van der Waals surface area contributed by atoms with Gasteiger partial charge in [0.25, 0.3) is 0 Å². The van der Waals surface area contributed by atoms with Crippen LogP contribution in [0.2, 0.25) is 0 Å². The van der Waals surface area contributed by atoms with Crippen molar-refractivity contribution in [2.75, 3.05) is 26.3 Å². The number of fused-ring (bicyclic) bond motifs is 1. The molecule has 2 aliphatic heterocycles. The molecule has 3 aliphatic rings. The number of benzene rings is 1. The minimum Gasteiger partial charge on any atom is -0.490 e. The molecule has 1 saturated carbocycles. The summed E-state index contributed by atoms with van der Waals surface area (Å²) in [6, 6.07) is 6.56. The summed E-state index contributed by atoms with van der Waals surface area (Å²) in [5.41, 5.74) is 2.04. The van der Waals surface area contributed by atoms with Crippen LogP contribution < -0.4 is 14.8 Å². The average Bonchev–Trinajstić information content (AvgIpc) is 2.73. The lowest BCUT2D eigenvalue weighted by atomic mass is 9.79. The monoisotopic (exact) mass is 259 g/mol. The summed E-state index contributed by atoms with van der Waals surface area (Å²) >= 11 is 0. The Morgan fingerprint density at radius 3 is 2.68 bits per heavy atom. The van der Waals surface area contributed by atoms with Crippen LogP contribution in [0.25, 0.3) is 0 Å². The summed E-state index contributed by atoms with van der Waals surface area (Å²) in [7, 11) is 0. The average molecular weight is 259 g/mol. The van der Waals surface area contributed by atoms with Gasteiger partial charge in [-0.15, -0.1) is 0 Å². The first kappa shape index (κ1) is 11.6. The van der Waals surface area contributed by atoms with E-state index >= 15 is 0 Å². The molecule has 0 aromatic heterocycles. The Morgan fingerprint density at radius 1 is 1.11 bits per heavy atom. The quantitative estimate of drug-likeness (QED) is 0.841. The Hall–Kier alpha value is -1.22. The summed E-state index contributed by atoms with van der Waals surface area (Å²) in [6.07, 6.45) is 5.00. The van der Waals surface area contributed by atoms with Crippen molar-refractivity contribution in [3.8, 4) is 11.5 Å². The SMILES string of the molecule is c1cc2c(cc1C1CCC3(CNC3)C1)OCCCO2. The van der Waals surface area contributed by atoms with E-state index in [9.17, 15) is 0 Å². The molecule has 1 spiro atoms. The minimum absolute atomic E-state index is 0.606. The Morgan fingerprint density at radius 2 is 1.95 bits per heavy atom. The van der Waals surface area contributed by atoms with Crippen LogP contribution in [0.1, 0.15) is 37.2 Å².